The van der Waals surface area contributed by atoms with Crippen LogP contribution in [0.2, 0.25) is 0 Å². The van der Waals surface area contributed by atoms with E-state index >= 15 is 0 Å². The minimum Gasteiger partial charge on any atom is -0.490 e. The number of halogens is 2. The van der Waals surface area contributed by atoms with E-state index in [0.29, 0.717) is 25.0 Å². The molecule has 2 nitrogen and oxygen atoms in total. The highest BCUT2D eigenvalue weighted by atomic mass is 35.5. The molecule has 0 spiro atoms. The Kier molecular flexibility index (Phi) is 6.03. The maximum Gasteiger partial charge on any atom is 0.123 e. The average Bonchev–Trinajstić information content (AvgIpc) is 2.52. The Morgan fingerprint density at radius 3 is 1.45 bits per heavy atom. The van der Waals surface area contributed by atoms with Crippen molar-refractivity contribution in [2.24, 2.45) is 0 Å². The molecule has 2 aromatic carbocycles. The van der Waals surface area contributed by atoms with Gasteiger partial charge in [0.1, 0.15) is 24.7 Å². The maximum atomic E-state index is 5.85. The molecule has 20 heavy (non-hydrogen) atoms. The number of hydrogen-bond acceptors (Lipinski definition) is 2. The van der Waals surface area contributed by atoms with Crippen LogP contribution in [0.25, 0.3) is 0 Å². The van der Waals surface area contributed by atoms with Gasteiger partial charge in [0, 0.05) is 11.1 Å². The average molecular weight is 311 g/mol. The van der Waals surface area contributed by atoms with Crippen LogP contribution < -0.4 is 9.47 Å². The zero-order valence-electron chi connectivity index (χ0n) is 11.0. The van der Waals surface area contributed by atoms with Crippen molar-refractivity contribution in [3.63, 3.8) is 0 Å². The molecule has 2 rings (SSSR count). The molecule has 0 amide bonds. The first-order valence-corrected chi connectivity index (χ1v) is 7.45. The summed E-state index contributed by atoms with van der Waals surface area (Å²) in [5.74, 6) is 2.48. The molecule has 4 heteroatoms. The summed E-state index contributed by atoms with van der Waals surface area (Å²) in [6.45, 7) is 0.926. The number of ether oxygens (including phenoxy) is 2. The van der Waals surface area contributed by atoms with Gasteiger partial charge in [-0.15, -0.1) is 23.2 Å². The molecule has 0 atom stereocenters. The van der Waals surface area contributed by atoms with Gasteiger partial charge in [-0.2, -0.15) is 0 Å². The van der Waals surface area contributed by atoms with E-state index in [2.05, 4.69) is 0 Å². The van der Waals surface area contributed by atoms with Gasteiger partial charge in [0.25, 0.3) is 0 Å². The lowest BCUT2D eigenvalue weighted by molar-refractivity contribution is 0.215. The monoisotopic (exact) mass is 310 g/mol. The Morgan fingerprint density at radius 1 is 0.650 bits per heavy atom. The van der Waals surface area contributed by atoms with Crippen molar-refractivity contribution in [3.05, 3.63) is 59.7 Å². The minimum absolute atomic E-state index is 0.437. The second kappa shape index (κ2) is 8.03. The van der Waals surface area contributed by atoms with Crippen LogP contribution in [-0.2, 0) is 11.8 Å². The van der Waals surface area contributed by atoms with Gasteiger partial charge in [-0.05, 0) is 12.1 Å². The van der Waals surface area contributed by atoms with Gasteiger partial charge in [0.2, 0.25) is 0 Å². The van der Waals surface area contributed by atoms with E-state index in [-0.39, 0.29) is 0 Å². The van der Waals surface area contributed by atoms with Crippen LogP contribution in [0.3, 0.4) is 0 Å². The third kappa shape index (κ3) is 4.06. The zero-order valence-corrected chi connectivity index (χ0v) is 12.5. The lowest BCUT2D eigenvalue weighted by Crippen LogP contribution is -2.10. The van der Waals surface area contributed by atoms with Crippen molar-refractivity contribution in [2.75, 3.05) is 13.2 Å². The van der Waals surface area contributed by atoms with Crippen LogP contribution in [0.5, 0.6) is 11.5 Å². The second-order valence-corrected chi connectivity index (χ2v) is 4.71. The molecule has 0 aliphatic rings. The molecular formula is C16H16Cl2O2. The van der Waals surface area contributed by atoms with Gasteiger partial charge < -0.3 is 9.47 Å². The van der Waals surface area contributed by atoms with Crippen molar-refractivity contribution in [2.45, 2.75) is 11.8 Å². The quantitative estimate of drug-likeness (QED) is 0.548. The predicted octanol–water partition coefficient (Wildman–Crippen LogP) is 4.62. The molecule has 0 radical (unpaired) electrons. The number of rotatable bonds is 7. The molecule has 0 heterocycles. The molecular weight excluding hydrogens is 295 g/mol. The maximum absolute atomic E-state index is 5.85. The van der Waals surface area contributed by atoms with Crippen molar-refractivity contribution in [1.29, 1.82) is 0 Å². The van der Waals surface area contributed by atoms with Gasteiger partial charge in [-0.1, -0.05) is 36.4 Å². The molecule has 0 aromatic heterocycles. The lowest BCUT2D eigenvalue weighted by Gasteiger charge is -2.12. The molecule has 0 aliphatic carbocycles. The summed E-state index contributed by atoms with van der Waals surface area (Å²) in [7, 11) is 0. The van der Waals surface area contributed by atoms with Crippen LogP contribution in [0, 0.1) is 0 Å². The summed E-state index contributed by atoms with van der Waals surface area (Å²) >= 11 is 11.7. The van der Waals surface area contributed by atoms with E-state index in [4.69, 9.17) is 32.7 Å². The standard InChI is InChI=1S/C16H16Cl2O2/c17-11-13-5-1-3-7-15(13)19-9-10-20-16-8-4-2-6-14(16)12-18/h1-8H,9-12H2. The van der Waals surface area contributed by atoms with Crippen LogP contribution in [0.4, 0.5) is 0 Å². The molecule has 0 aliphatic heterocycles. The first-order chi connectivity index (χ1) is 9.85. The van der Waals surface area contributed by atoms with Crippen LogP contribution in [-0.4, -0.2) is 13.2 Å². The minimum atomic E-state index is 0.437. The second-order valence-electron chi connectivity index (χ2n) is 4.18. The van der Waals surface area contributed by atoms with Crippen LogP contribution >= 0.6 is 23.2 Å². The summed E-state index contributed by atoms with van der Waals surface area (Å²) in [4.78, 5) is 0. The predicted molar refractivity (Wildman–Crippen MR) is 83.0 cm³/mol. The first kappa shape index (κ1) is 15.0. The number of benzene rings is 2. The first-order valence-electron chi connectivity index (χ1n) is 6.38. The Hall–Kier alpha value is -1.38. The van der Waals surface area contributed by atoms with Gasteiger partial charge in [0.05, 0.1) is 11.8 Å². The highest BCUT2D eigenvalue weighted by Gasteiger charge is 2.03. The molecule has 0 unspecified atom stereocenters. The zero-order chi connectivity index (χ0) is 14.2. The van der Waals surface area contributed by atoms with Crippen molar-refractivity contribution >= 4 is 23.2 Å². The van der Waals surface area contributed by atoms with Gasteiger partial charge >= 0.3 is 0 Å². The van der Waals surface area contributed by atoms with Gasteiger partial charge in [-0.3, -0.25) is 0 Å². The van der Waals surface area contributed by atoms with Crippen molar-refractivity contribution in [3.8, 4) is 11.5 Å². The van der Waals surface area contributed by atoms with E-state index in [9.17, 15) is 0 Å². The summed E-state index contributed by atoms with van der Waals surface area (Å²) < 4.78 is 11.4. The lowest BCUT2D eigenvalue weighted by atomic mass is 10.2. The van der Waals surface area contributed by atoms with E-state index in [1.165, 1.54) is 0 Å². The van der Waals surface area contributed by atoms with Crippen LogP contribution in [0.1, 0.15) is 11.1 Å². The van der Waals surface area contributed by atoms with Crippen molar-refractivity contribution < 1.29 is 9.47 Å². The van der Waals surface area contributed by atoms with Gasteiger partial charge in [0.15, 0.2) is 0 Å². The molecule has 106 valence electrons. The third-order valence-corrected chi connectivity index (χ3v) is 3.41. The van der Waals surface area contributed by atoms with Crippen molar-refractivity contribution in [1.82, 2.24) is 0 Å². The fourth-order valence-electron chi connectivity index (χ4n) is 1.81. The SMILES string of the molecule is ClCc1ccccc1OCCOc1ccccc1CCl. The molecule has 0 N–H and O–H groups in total. The molecule has 0 saturated heterocycles. The largest absolute Gasteiger partial charge is 0.490 e. The Bertz CT molecular complexity index is 494. The van der Waals surface area contributed by atoms with Crippen LogP contribution in [0.15, 0.2) is 48.5 Å². The van der Waals surface area contributed by atoms with E-state index < -0.39 is 0 Å². The summed E-state index contributed by atoms with van der Waals surface area (Å²) in [6, 6.07) is 15.5. The smallest absolute Gasteiger partial charge is 0.123 e. The topological polar surface area (TPSA) is 18.5 Å². The number of para-hydroxylation sites is 2. The Labute approximate surface area is 129 Å². The molecule has 0 fully saturated rings. The van der Waals surface area contributed by atoms with E-state index in [0.717, 1.165) is 22.6 Å². The fourth-order valence-corrected chi connectivity index (χ4v) is 2.25. The summed E-state index contributed by atoms with van der Waals surface area (Å²) in [5.41, 5.74) is 1.96. The molecule has 0 bridgehead atoms. The Balaban J connectivity index is 1.84. The Morgan fingerprint density at radius 2 is 1.05 bits per heavy atom. The highest BCUT2D eigenvalue weighted by Crippen LogP contribution is 2.21. The molecule has 0 saturated carbocycles. The fraction of sp³-hybridized carbons (Fsp3) is 0.250. The highest BCUT2D eigenvalue weighted by molar-refractivity contribution is 6.17. The number of alkyl halides is 2. The summed E-state index contributed by atoms with van der Waals surface area (Å²) in [6.07, 6.45) is 0. The third-order valence-electron chi connectivity index (χ3n) is 2.83. The van der Waals surface area contributed by atoms with Gasteiger partial charge in [-0.25, -0.2) is 0 Å². The van der Waals surface area contributed by atoms with E-state index in [1.54, 1.807) is 0 Å². The van der Waals surface area contributed by atoms with E-state index in [1.807, 2.05) is 48.5 Å². The number of hydrogen-bond donors (Lipinski definition) is 0. The summed E-state index contributed by atoms with van der Waals surface area (Å²) in [5, 5.41) is 0. The normalized spacial score (nSPS) is 10.3. The molecule has 2 aromatic rings.